The highest BCUT2D eigenvalue weighted by Crippen LogP contribution is 2.37. The van der Waals surface area contributed by atoms with Gasteiger partial charge in [0.05, 0.1) is 12.6 Å². The van der Waals surface area contributed by atoms with Crippen molar-refractivity contribution < 1.29 is 4.74 Å². The molecule has 2 aliphatic heterocycles. The monoisotopic (exact) mass is 398 g/mol. The van der Waals surface area contributed by atoms with Crippen LogP contribution in [0.2, 0.25) is 0 Å². The van der Waals surface area contributed by atoms with Crippen molar-refractivity contribution in [3.05, 3.63) is 52.2 Å². The Labute approximate surface area is 171 Å². The van der Waals surface area contributed by atoms with Gasteiger partial charge in [0, 0.05) is 36.5 Å². The number of nitrogens with one attached hydrogen (secondary N) is 2. The smallest absolute Gasteiger partial charge is 0.191 e. The number of benzene rings is 1. The second-order valence-electron chi connectivity index (χ2n) is 7.67. The molecule has 3 unspecified atom stereocenters. The number of ether oxygens (including phenoxy) is 1. The van der Waals surface area contributed by atoms with Crippen LogP contribution in [0.4, 0.5) is 0 Å². The summed E-state index contributed by atoms with van der Waals surface area (Å²) in [7, 11) is 4.10. The van der Waals surface area contributed by atoms with E-state index in [2.05, 4.69) is 57.2 Å². The van der Waals surface area contributed by atoms with Gasteiger partial charge in [0.25, 0.3) is 0 Å². The molecule has 0 radical (unpaired) electrons. The highest BCUT2D eigenvalue weighted by atomic mass is 32.1. The van der Waals surface area contributed by atoms with Gasteiger partial charge in [0.1, 0.15) is 5.75 Å². The first-order valence-electron chi connectivity index (χ1n) is 10.2. The molecule has 0 bridgehead atoms. The number of thiophene rings is 1. The topological polar surface area (TPSA) is 48.9 Å². The van der Waals surface area contributed by atoms with Gasteiger partial charge < -0.3 is 15.4 Å². The Morgan fingerprint density at radius 1 is 1.25 bits per heavy atom. The number of hydrogen-bond acceptors (Lipinski definition) is 4. The quantitative estimate of drug-likeness (QED) is 0.607. The summed E-state index contributed by atoms with van der Waals surface area (Å²) in [5.41, 5.74) is 1.21. The third kappa shape index (κ3) is 4.18. The minimum absolute atomic E-state index is 0.235. The lowest BCUT2D eigenvalue weighted by atomic mass is 9.88. The number of nitrogens with zero attached hydrogens (tertiary/aromatic N) is 2. The summed E-state index contributed by atoms with van der Waals surface area (Å²) in [5.74, 6) is 2.44. The van der Waals surface area contributed by atoms with E-state index < -0.39 is 0 Å². The zero-order chi connectivity index (χ0) is 19.3. The Kier molecular flexibility index (Phi) is 6.17. The van der Waals surface area contributed by atoms with Crippen molar-refractivity contribution in [2.24, 2.45) is 10.9 Å². The lowest BCUT2D eigenvalue weighted by Crippen LogP contribution is -2.46. The van der Waals surface area contributed by atoms with E-state index in [0.29, 0.717) is 12.0 Å². The first-order chi connectivity index (χ1) is 13.8. The van der Waals surface area contributed by atoms with Crippen molar-refractivity contribution in [2.45, 2.75) is 31.3 Å². The van der Waals surface area contributed by atoms with E-state index in [0.717, 1.165) is 31.3 Å². The van der Waals surface area contributed by atoms with Gasteiger partial charge in [-0.1, -0.05) is 24.3 Å². The summed E-state index contributed by atoms with van der Waals surface area (Å²) >= 11 is 1.87. The number of rotatable bonds is 4. The van der Waals surface area contributed by atoms with Gasteiger partial charge in [-0.25, -0.2) is 0 Å². The minimum Gasteiger partial charge on any atom is -0.493 e. The molecule has 0 aliphatic carbocycles. The van der Waals surface area contributed by atoms with E-state index in [1.54, 1.807) is 0 Å². The molecule has 28 heavy (non-hydrogen) atoms. The van der Waals surface area contributed by atoms with E-state index in [1.165, 1.54) is 29.8 Å². The zero-order valence-corrected chi connectivity index (χ0v) is 17.5. The molecule has 1 aromatic carbocycles. The molecule has 3 atom stereocenters. The van der Waals surface area contributed by atoms with Gasteiger partial charge in [-0.2, -0.15) is 0 Å². The van der Waals surface area contributed by atoms with Gasteiger partial charge in [-0.3, -0.25) is 9.89 Å². The molecule has 0 saturated carbocycles. The fourth-order valence-corrected chi connectivity index (χ4v) is 5.45. The number of likely N-dealkylation sites (tertiary alicyclic amines) is 1. The molecule has 2 N–H and O–H groups in total. The van der Waals surface area contributed by atoms with Gasteiger partial charge in [0.2, 0.25) is 0 Å². The van der Waals surface area contributed by atoms with E-state index in [-0.39, 0.29) is 6.04 Å². The third-order valence-electron chi connectivity index (χ3n) is 5.87. The molecule has 2 aromatic rings. The summed E-state index contributed by atoms with van der Waals surface area (Å²) < 4.78 is 5.79. The molecule has 1 fully saturated rings. The number of hydrogen-bond donors (Lipinski definition) is 2. The van der Waals surface area contributed by atoms with Crippen LogP contribution in [-0.4, -0.2) is 44.7 Å². The van der Waals surface area contributed by atoms with Gasteiger partial charge in [-0.15, -0.1) is 11.3 Å². The van der Waals surface area contributed by atoms with Crippen LogP contribution < -0.4 is 15.4 Å². The van der Waals surface area contributed by atoms with Crippen LogP contribution in [0.5, 0.6) is 5.75 Å². The molecule has 6 heteroatoms. The average Bonchev–Trinajstić information content (AvgIpc) is 3.25. The zero-order valence-electron chi connectivity index (χ0n) is 16.7. The Morgan fingerprint density at radius 3 is 2.96 bits per heavy atom. The summed E-state index contributed by atoms with van der Waals surface area (Å²) in [4.78, 5) is 8.46. The van der Waals surface area contributed by atoms with Crippen molar-refractivity contribution in [3.8, 4) is 5.75 Å². The Morgan fingerprint density at radius 2 is 2.14 bits per heavy atom. The van der Waals surface area contributed by atoms with E-state index in [1.807, 2.05) is 30.5 Å². The fourth-order valence-electron chi connectivity index (χ4n) is 4.46. The fraction of sp³-hybridized carbons (Fsp3) is 0.500. The molecule has 1 saturated heterocycles. The van der Waals surface area contributed by atoms with Gasteiger partial charge in [-0.05, 0) is 49.9 Å². The molecule has 2 aliphatic rings. The predicted molar refractivity (Wildman–Crippen MR) is 116 cm³/mol. The maximum absolute atomic E-state index is 5.79. The molecule has 4 rings (SSSR count). The molecule has 0 amide bonds. The number of guanidine groups is 1. The van der Waals surface area contributed by atoms with Gasteiger partial charge in [0.15, 0.2) is 5.96 Å². The molecule has 3 heterocycles. The van der Waals surface area contributed by atoms with Crippen LogP contribution in [0.3, 0.4) is 0 Å². The Bertz CT molecular complexity index is 792. The summed E-state index contributed by atoms with van der Waals surface area (Å²) in [6.45, 7) is 2.84. The average molecular weight is 399 g/mol. The Balaban J connectivity index is 1.40. The summed E-state index contributed by atoms with van der Waals surface area (Å²) in [6, 6.07) is 13.4. The minimum atomic E-state index is 0.235. The van der Waals surface area contributed by atoms with Crippen LogP contribution >= 0.6 is 11.3 Å². The number of piperidine rings is 1. The maximum atomic E-state index is 5.79. The first-order valence-corrected chi connectivity index (χ1v) is 11.1. The highest BCUT2D eigenvalue weighted by molar-refractivity contribution is 7.10. The lowest BCUT2D eigenvalue weighted by Gasteiger charge is -2.39. The molecule has 1 aromatic heterocycles. The van der Waals surface area contributed by atoms with Crippen molar-refractivity contribution in [1.82, 2.24) is 15.5 Å². The molecule has 150 valence electrons. The van der Waals surface area contributed by atoms with E-state index in [9.17, 15) is 0 Å². The van der Waals surface area contributed by atoms with Crippen molar-refractivity contribution >= 4 is 17.3 Å². The molecular weight excluding hydrogens is 368 g/mol. The summed E-state index contributed by atoms with van der Waals surface area (Å²) in [5, 5.41) is 9.40. The van der Waals surface area contributed by atoms with Crippen LogP contribution in [0.15, 0.2) is 46.8 Å². The predicted octanol–water partition coefficient (Wildman–Crippen LogP) is 3.82. The second kappa shape index (κ2) is 8.97. The number of fused-ring (bicyclic) bond motifs is 1. The largest absolute Gasteiger partial charge is 0.493 e. The van der Waals surface area contributed by atoms with Crippen molar-refractivity contribution in [3.63, 3.8) is 0 Å². The van der Waals surface area contributed by atoms with Crippen molar-refractivity contribution in [2.75, 3.05) is 33.8 Å². The molecular formula is C22H30N4OS. The van der Waals surface area contributed by atoms with E-state index in [4.69, 9.17) is 4.74 Å². The summed E-state index contributed by atoms with van der Waals surface area (Å²) in [6.07, 6.45) is 3.45. The highest BCUT2D eigenvalue weighted by Gasteiger charge is 2.31. The Hall–Kier alpha value is -2.05. The van der Waals surface area contributed by atoms with E-state index >= 15 is 0 Å². The standard InChI is InChI=1S/C22H30N4OS/c1-23-22(25-18-11-13-27-19-9-4-3-8-17(18)19)24-15-16-7-5-12-26(2)21(16)20-10-6-14-28-20/h3-4,6,8-10,14,16,18,21H,5,7,11-13,15H2,1-2H3,(H2,23,24,25). The molecule has 5 nitrogen and oxygen atoms in total. The lowest BCUT2D eigenvalue weighted by molar-refractivity contribution is 0.125. The van der Waals surface area contributed by atoms with Crippen LogP contribution in [-0.2, 0) is 0 Å². The van der Waals surface area contributed by atoms with Crippen LogP contribution in [0, 0.1) is 5.92 Å². The second-order valence-corrected chi connectivity index (χ2v) is 8.65. The van der Waals surface area contributed by atoms with Gasteiger partial charge >= 0.3 is 0 Å². The van der Waals surface area contributed by atoms with Crippen molar-refractivity contribution in [1.29, 1.82) is 0 Å². The normalized spacial score (nSPS) is 25.6. The number of aliphatic imine (C=N–C) groups is 1. The van der Waals surface area contributed by atoms with Crippen LogP contribution in [0.1, 0.15) is 41.8 Å². The number of para-hydroxylation sites is 1. The SMILES string of the molecule is CN=C(NCC1CCCN(C)C1c1cccs1)NC1CCOc2ccccc21. The third-order valence-corrected chi connectivity index (χ3v) is 6.81. The first kappa shape index (κ1) is 19.3. The van der Waals surface area contributed by atoms with Crippen LogP contribution in [0.25, 0.3) is 0 Å². The maximum Gasteiger partial charge on any atom is 0.191 e. The molecule has 0 spiro atoms.